The highest BCUT2D eigenvalue weighted by atomic mass is 35.5. The van der Waals surface area contributed by atoms with Crippen LogP contribution in [0.5, 0.6) is 0 Å². The van der Waals surface area contributed by atoms with Crippen molar-refractivity contribution in [2.24, 2.45) is 0 Å². The van der Waals surface area contributed by atoms with Crippen molar-refractivity contribution in [1.82, 2.24) is 19.6 Å². The lowest BCUT2D eigenvalue weighted by atomic mass is 10.1. The van der Waals surface area contributed by atoms with Crippen LogP contribution in [-0.4, -0.2) is 19.6 Å². The van der Waals surface area contributed by atoms with E-state index >= 15 is 0 Å². The molecule has 0 amide bonds. The molecule has 2 N–H and O–H groups in total. The molecule has 7 heteroatoms. The van der Waals surface area contributed by atoms with Crippen LogP contribution < -0.4 is 5.73 Å². The molecular formula is C19H15ClFN5. The first-order valence-electron chi connectivity index (χ1n) is 8.04. The van der Waals surface area contributed by atoms with Gasteiger partial charge in [-0.25, -0.2) is 18.9 Å². The third-order valence-electron chi connectivity index (χ3n) is 4.18. The number of aromatic nitrogens is 4. The smallest absolute Gasteiger partial charge is 0.198 e. The van der Waals surface area contributed by atoms with E-state index in [4.69, 9.17) is 17.3 Å². The zero-order chi connectivity index (χ0) is 18.3. The number of rotatable bonds is 3. The summed E-state index contributed by atoms with van der Waals surface area (Å²) in [7, 11) is 0. The number of nitrogens with two attached hydrogens (primary N) is 1. The van der Waals surface area contributed by atoms with Crippen molar-refractivity contribution >= 4 is 23.1 Å². The SMILES string of the molecule is Cc1c(-c2cccc(Cl)c2F)nc(N)c2nc(Cc3ccccc3)nn12. The number of anilines is 1. The van der Waals surface area contributed by atoms with Gasteiger partial charge < -0.3 is 5.73 Å². The molecule has 0 radical (unpaired) electrons. The molecule has 0 aliphatic heterocycles. The Balaban J connectivity index is 1.85. The van der Waals surface area contributed by atoms with Crippen LogP contribution in [0.3, 0.4) is 0 Å². The van der Waals surface area contributed by atoms with Gasteiger partial charge in [0.05, 0.1) is 16.4 Å². The summed E-state index contributed by atoms with van der Waals surface area (Å²) in [4.78, 5) is 8.84. The largest absolute Gasteiger partial charge is 0.381 e. The average Bonchev–Trinajstić information content (AvgIpc) is 3.06. The van der Waals surface area contributed by atoms with Crippen LogP contribution in [0.2, 0.25) is 5.02 Å². The molecular weight excluding hydrogens is 353 g/mol. The molecule has 0 saturated carbocycles. The van der Waals surface area contributed by atoms with Crippen LogP contribution in [-0.2, 0) is 6.42 Å². The normalized spacial score (nSPS) is 11.2. The van der Waals surface area contributed by atoms with E-state index in [0.717, 1.165) is 5.56 Å². The van der Waals surface area contributed by atoms with Crippen molar-refractivity contribution in [3.63, 3.8) is 0 Å². The summed E-state index contributed by atoms with van der Waals surface area (Å²) in [5.74, 6) is 0.279. The molecule has 2 aromatic carbocycles. The Labute approximate surface area is 154 Å². The second-order valence-electron chi connectivity index (χ2n) is 5.96. The van der Waals surface area contributed by atoms with Crippen molar-refractivity contribution in [2.75, 3.05) is 5.73 Å². The Hall–Kier alpha value is -2.99. The van der Waals surface area contributed by atoms with E-state index in [1.54, 1.807) is 23.6 Å². The third-order valence-corrected chi connectivity index (χ3v) is 4.48. The molecule has 5 nitrogen and oxygen atoms in total. The highest BCUT2D eigenvalue weighted by Crippen LogP contribution is 2.30. The first-order valence-corrected chi connectivity index (χ1v) is 8.42. The molecule has 26 heavy (non-hydrogen) atoms. The Bertz CT molecular complexity index is 1110. The first kappa shape index (κ1) is 16.5. The molecule has 130 valence electrons. The molecule has 0 unspecified atom stereocenters. The second-order valence-corrected chi connectivity index (χ2v) is 6.37. The molecule has 2 aromatic heterocycles. The van der Waals surface area contributed by atoms with Crippen LogP contribution in [0.4, 0.5) is 10.2 Å². The van der Waals surface area contributed by atoms with Gasteiger partial charge in [-0.05, 0) is 24.6 Å². The van der Waals surface area contributed by atoms with Crippen molar-refractivity contribution in [3.8, 4) is 11.3 Å². The van der Waals surface area contributed by atoms with Crippen molar-refractivity contribution in [3.05, 3.63) is 76.5 Å². The summed E-state index contributed by atoms with van der Waals surface area (Å²) >= 11 is 5.90. The first-order chi connectivity index (χ1) is 12.5. The fourth-order valence-electron chi connectivity index (χ4n) is 2.90. The Morgan fingerprint density at radius 2 is 1.85 bits per heavy atom. The molecule has 0 fully saturated rings. The fraction of sp³-hybridized carbons (Fsp3) is 0.105. The Morgan fingerprint density at radius 3 is 2.62 bits per heavy atom. The lowest BCUT2D eigenvalue weighted by molar-refractivity contribution is 0.630. The zero-order valence-electron chi connectivity index (χ0n) is 13.9. The summed E-state index contributed by atoms with van der Waals surface area (Å²) in [6, 6.07) is 14.7. The topological polar surface area (TPSA) is 69.1 Å². The molecule has 4 aromatic rings. The van der Waals surface area contributed by atoms with E-state index in [1.807, 2.05) is 30.3 Å². The highest BCUT2D eigenvalue weighted by Gasteiger charge is 2.18. The number of benzene rings is 2. The maximum atomic E-state index is 14.4. The van der Waals surface area contributed by atoms with E-state index in [1.165, 1.54) is 6.07 Å². The Kier molecular flexibility index (Phi) is 4.05. The monoisotopic (exact) mass is 367 g/mol. The highest BCUT2D eigenvalue weighted by molar-refractivity contribution is 6.31. The minimum absolute atomic E-state index is 0.0331. The number of halogens is 2. The average molecular weight is 368 g/mol. The summed E-state index contributed by atoms with van der Waals surface area (Å²) in [6.07, 6.45) is 0.572. The Morgan fingerprint density at radius 1 is 1.08 bits per heavy atom. The minimum Gasteiger partial charge on any atom is -0.381 e. The number of aryl methyl sites for hydroxylation is 1. The number of nitrogen functional groups attached to an aromatic ring is 1. The van der Waals surface area contributed by atoms with Crippen molar-refractivity contribution in [1.29, 1.82) is 0 Å². The zero-order valence-corrected chi connectivity index (χ0v) is 14.7. The van der Waals surface area contributed by atoms with Crippen LogP contribution in [0.15, 0.2) is 48.5 Å². The van der Waals surface area contributed by atoms with Crippen molar-refractivity contribution in [2.45, 2.75) is 13.3 Å². The van der Waals surface area contributed by atoms with E-state index < -0.39 is 5.82 Å². The van der Waals surface area contributed by atoms with Gasteiger partial charge in [0.1, 0.15) is 0 Å². The summed E-state index contributed by atoms with van der Waals surface area (Å²) in [5.41, 5.74) is 8.93. The van der Waals surface area contributed by atoms with E-state index in [0.29, 0.717) is 29.3 Å². The maximum absolute atomic E-state index is 14.4. The van der Waals surface area contributed by atoms with Gasteiger partial charge in [-0.3, -0.25) is 0 Å². The molecule has 2 heterocycles. The van der Waals surface area contributed by atoms with Gasteiger partial charge in [0.15, 0.2) is 23.1 Å². The second kappa shape index (κ2) is 6.38. The van der Waals surface area contributed by atoms with Crippen LogP contribution >= 0.6 is 11.6 Å². The lowest BCUT2D eigenvalue weighted by Crippen LogP contribution is -2.05. The molecule has 0 saturated heterocycles. The van der Waals surface area contributed by atoms with E-state index in [9.17, 15) is 4.39 Å². The predicted octanol–water partition coefficient (Wildman–Crippen LogP) is 4.07. The summed E-state index contributed by atoms with van der Waals surface area (Å²) in [5, 5.41) is 4.57. The number of fused-ring (bicyclic) bond motifs is 1. The lowest BCUT2D eigenvalue weighted by Gasteiger charge is -2.09. The number of hydrogen-bond donors (Lipinski definition) is 1. The van der Waals surface area contributed by atoms with Gasteiger partial charge in [0, 0.05) is 12.0 Å². The standard InChI is InChI=1S/C19H15ClFN5/c1-11-17(13-8-5-9-14(20)16(13)21)24-18(22)19-23-15(25-26(11)19)10-12-6-3-2-4-7-12/h2-9H,10H2,1H3,(H2,22,24). The third kappa shape index (κ3) is 2.78. The van der Waals surface area contributed by atoms with Gasteiger partial charge in [-0.2, -0.15) is 5.10 Å². The van der Waals surface area contributed by atoms with Gasteiger partial charge >= 0.3 is 0 Å². The molecule has 0 spiro atoms. The number of nitrogens with zero attached hydrogens (tertiary/aromatic N) is 4. The van der Waals surface area contributed by atoms with Crippen molar-refractivity contribution < 1.29 is 4.39 Å². The van der Waals surface area contributed by atoms with E-state index in [-0.39, 0.29) is 16.4 Å². The quantitative estimate of drug-likeness (QED) is 0.592. The summed E-state index contributed by atoms with van der Waals surface area (Å²) < 4.78 is 16.0. The molecule has 0 atom stereocenters. The van der Waals surface area contributed by atoms with Crippen LogP contribution in [0, 0.1) is 12.7 Å². The number of hydrogen-bond acceptors (Lipinski definition) is 4. The fourth-order valence-corrected chi connectivity index (χ4v) is 3.08. The molecule has 0 aliphatic carbocycles. The van der Waals surface area contributed by atoms with Crippen LogP contribution in [0.25, 0.3) is 16.9 Å². The molecule has 4 rings (SSSR count). The summed E-state index contributed by atoms with van der Waals surface area (Å²) in [6.45, 7) is 1.80. The molecule has 0 bridgehead atoms. The maximum Gasteiger partial charge on any atom is 0.198 e. The van der Waals surface area contributed by atoms with E-state index in [2.05, 4.69) is 15.1 Å². The van der Waals surface area contributed by atoms with Gasteiger partial charge in [0.2, 0.25) is 0 Å². The van der Waals surface area contributed by atoms with Gasteiger partial charge in [-0.15, -0.1) is 0 Å². The van der Waals surface area contributed by atoms with Gasteiger partial charge in [-0.1, -0.05) is 48.0 Å². The molecule has 0 aliphatic rings. The van der Waals surface area contributed by atoms with Gasteiger partial charge in [0.25, 0.3) is 0 Å². The minimum atomic E-state index is -0.534. The van der Waals surface area contributed by atoms with Crippen LogP contribution in [0.1, 0.15) is 17.1 Å². The predicted molar refractivity (Wildman–Crippen MR) is 99.6 cm³/mol.